The zero-order valence-corrected chi connectivity index (χ0v) is 11.0. The number of hydrogen-bond acceptors (Lipinski definition) is 4. The Hall–Kier alpha value is -1.68. The fourth-order valence-electron chi connectivity index (χ4n) is 2.61. The van der Waals surface area contributed by atoms with Gasteiger partial charge in [0.25, 0.3) is 0 Å². The van der Waals surface area contributed by atoms with Gasteiger partial charge in [-0.25, -0.2) is 9.97 Å². The minimum atomic E-state index is -0.146. The minimum Gasteiger partial charge on any atom is -0.460 e. The number of aliphatic hydroxyl groups excluding tert-OH is 1. The number of aryl methyl sites for hydroxylation is 1. The molecule has 0 aromatic carbocycles. The summed E-state index contributed by atoms with van der Waals surface area (Å²) >= 11 is 0. The van der Waals surface area contributed by atoms with Crippen molar-refractivity contribution >= 4 is 0 Å². The largest absolute Gasteiger partial charge is 0.460 e. The van der Waals surface area contributed by atoms with Crippen LogP contribution in [0, 0.1) is 6.92 Å². The highest BCUT2D eigenvalue weighted by Gasteiger charge is 2.23. The molecule has 1 fully saturated rings. The number of furan rings is 1. The molecule has 0 saturated heterocycles. The lowest BCUT2D eigenvalue weighted by Gasteiger charge is -2.24. The van der Waals surface area contributed by atoms with Crippen LogP contribution in [0.3, 0.4) is 0 Å². The molecule has 0 radical (unpaired) electrons. The molecule has 0 unspecified atom stereocenters. The third-order valence-electron chi connectivity index (χ3n) is 3.73. The van der Waals surface area contributed by atoms with Crippen molar-refractivity contribution in [1.29, 1.82) is 0 Å². The van der Waals surface area contributed by atoms with E-state index in [0.717, 1.165) is 48.7 Å². The van der Waals surface area contributed by atoms with Crippen molar-refractivity contribution in [3.8, 4) is 11.5 Å². The molecule has 1 N–H and O–H groups in total. The van der Waals surface area contributed by atoms with E-state index in [1.165, 1.54) is 0 Å². The van der Waals surface area contributed by atoms with Crippen molar-refractivity contribution in [2.45, 2.75) is 44.6 Å². The Balaban J connectivity index is 1.84. The summed E-state index contributed by atoms with van der Waals surface area (Å²) in [6.07, 6.45) is 5.26. The van der Waals surface area contributed by atoms with Gasteiger partial charge in [-0.1, -0.05) is 0 Å². The van der Waals surface area contributed by atoms with E-state index in [1.807, 2.05) is 25.1 Å². The van der Waals surface area contributed by atoms with Gasteiger partial charge in [-0.2, -0.15) is 0 Å². The molecule has 0 aliphatic heterocycles. The zero-order valence-electron chi connectivity index (χ0n) is 11.0. The van der Waals surface area contributed by atoms with Crippen LogP contribution in [0.15, 0.2) is 28.8 Å². The Morgan fingerprint density at radius 1 is 1.16 bits per heavy atom. The Bertz CT molecular complexity index is 557. The second-order valence-corrected chi connectivity index (χ2v) is 5.22. The predicted molar refractivity (Wildman–Crippen MR) is 71.7 cm³/mol. The van der Waals surface area contributed by atoms with Gasteiger partial charge in [0.05, 0.1) is 6.10 Å². The van der Waals surface area contributed by atoms with Crippen LogP contribution in [0.2, 0.25) is 0 Å². The number of nitrogens with zero attached hydrogens (tertiary/aromatic N) is 2. The second-order valence-electron chi connectivity index (χ2n) is 5.22. The molecular formula is C15H18N2O2. The molecule has 1 aliphatic carbocycles. The highest BCUT2D eigenvalue weighted by Crippen LogP contribution is 2.31. The summed E-state index contributed by atoms with van der Waals surface area (Å²) in [5.74, 6) is 2.91. The quantitative estimate of drug-likeness (QED) is 0.899. The molecule has 4 nitrogen and oxygen atoms in total. The van der Waals surface area contributed by atoms with Gasteiger partial charge < -0.3 is 9.52 Å². The lowest BCUT2D eigenvalue weighted by atomic mass is 9.87. The molecule has 2 aromatic rings. The van der Waals surface area contributed by atoms with Crippen LogP contribution >= 0.6 is 0 Å². The molecule has 2 heterocycles. The first-order valence-corrected chi connectivity index (χ1v) is 6.80. The summed E-state index contributed by atoms with van der Waals surface area (Å²) in [7, 11) is 0. The first-order chi connectivity index (χ1) is 9.22. The summed E-state index contributed by atoms with van der Waals surface area (Å²) in [6.45, 7) is 1.92. The average molecular weight is 258 g/mol. The molecular weight excluding hydrogens is 240 g/mol. The molecule has 1 aliphatic rings. The Morgan fingerprint density at radius 2 is 1.95 bits per heavy atom. The Labute approximate surface area is 112 Å². The van der Waals surface area contributed by atoms with E-state index in [9.17, 15) is 5.11 Å². The van der Waals surface area contributed by atoms with Crippen molar-refractivity contribution in [3.05, 3.63) is 36.0 Å². The van der Waals surface area contributed by atoms with Gasteiger partial charge in [0.2, 0.25) is 0 Å². The number of hydrogen-bond donors (Lipinski definition) is 1. The van der Waals surface area contributed by atoms with Crippen LogP contribution in [0.5, 0.6) is 0 Å². The van der Waals surface area contributed by atoms with Gasteiger partial charge in [0.1, 0.15) is 17.3 Å². The summed E-state index contributed by atoms with van der Waals surface area (Å²) in [5.41, 5.74) is 0.837. The molecule has 19 heavy (non-hydrogen) atoms. The van der Waals surface area contributed by atoms with Gasteiger partial charge in [0, 0.05) is 12.1 Å². The van der Waals surface area contributed by atoms with Crippen LogP contribution in [0.25, 0.3) is 11.5 Å². The molecule has 0 bridgehead atoms. The van der Waals surface area contributed by atoms with E-state index in [2.05, 4.69) is 9.97 Å². The van der Waals surface area contributed by atoms with Gasteiger partial charge >= 0.3 is 0 Å². The van der Waals surface area contributed by atoms with E-state index in [0.29, 0.717) is 5.92 Å². The highest BCUT2D eigenvalue weighted by molar-refractivity contribution is 5.51. The Kier molecular flexibility index (Phi) is 3.34. The summed E-state index contributed by atoms with van der Waals surface area (Å²) in [4.78, 5) is 9.00. The smallest absolute Gasteiger partial charge is 0.152 e. The standard InChI is InChI=1S/C15H18N2O2/c1-10-2-7-14(19-10)13-8-9-16-15(17-13)11-3-5-12(18)6-4-11/h2,7-9,11-12,18H,3-6H2,1H3. The van der Waals surface area contributed by atoms with Crippen molar-refractivity contribution in [2.24, 2.45) is 0 Å². The molecule has 0 atom stereocenters. The van der Waals surface area contributed by atoms with Crippen molar-refractivity contribution in [1.82, 2.24) is 9.97 Å². The number of rotatable bonds is 2. The molecule has 100 valence electrons. The third-order valence-corrected chi connectivity index (χ3v) is 3.73. The van der Waals surface area contributed by atoms with E-state index in [4.69, 9.17) is 4.42 Å². The van der Waals surface area contributed by atoms with Crippen molar-refractivity contribution in [2.75, 3.05) is 0 Å². The molecule has 0 spiro atoms. The SMILES string of the molecule is Cc1ccc(-c2ccnc(C3CCC(O)CC3)n2)o1. The van der Waals surface area contributed by atoms with Gasteiger partial charge in [-0.3, -0.25) is 0 Å². The van der Waals surface area contributed by atoms with Crippen LogP contribution in [-0.4, -0.2) is 21.2 Å². The Morgan fingerprint density at radius 3 is 2.63 bits per heavy atom. The first kappa shape index (κ1) is 12.4. The van der Waals surface area contributed by atoms with E-state index in [1.54, 1.807) is 6.20 Å². The maximum Gasteiger partial charge on any atom is 0.152 e. The van der Waals surface area contributed by atoms with Crippen LogP contribution in [0.4, 0.5) is 0 Å². The average Bonchev–Trinajstić information content (AvgIpc) is 2.86. The molecule has 0 amide bonds. The lowest BCUT2D eigenvalue weighted by molar-refractivity contribution is 0.121. The summed E-state index contributed by atoms with van der Waals surface area (Å²) in [6, 6.07) is 5.75. The molecule has 4 heteroatoms. The number of aliphatic hydroxyl groups is 1. The number of aromatic nitrogens is 2. The van der Waals surface area contributed by atoms with Crippen LogP contribution in [0.1, 0.15) is 43.2 Å². The molecule has 2 aromatic heterocycles. The van der Waals surface area contributed by atoms with E-state index in [-0.39, 0.29) is 6.10 Å². The monoisotopic (exact) mass is 258 g/mol. The lowest BCUT2D eigenvalue weighted by Crippen LogP contribution is -2.18. The van der Waals surface area contributed by atoms with Crippen molar-refractivity contribution < 1.29 is 9.52 Å². The second kappa shape index (κ2) is 5.13. The van der Waals surface area contributed by atoms with Gasteiger partial charge in [0.15, 0.2) is 5.76 Å². The van der Waals surface area contributed by atoms with Gasteiger partial charge in [-0.15, -0.1) is 0 Å². The summed E-state index contributed by atoms with van der Waals surface area (Å²) in [5, 5.41) is 9.55. The predicted octanol–water partition coefficient (Wildman–Crippen LogP) is 3.06. The fourth-order valence-corrected chi connectivity index (χ4v) is 2.61. The van der Waals surface area contributed by atoms with Gasteiger partial charge in [-0.05, 0) is 50.8 Å². The fraction of sp³-hybridized carbons (Fsp3) is 0.467. The maximum atomic E-state index is 9.55. The van der Waals surface area contributed by atoms with E-state index < -0.39 is 0 Å². The molecule has 1 saturated carbocycles. The van der Waals surface area contributed by atoms with Crippen LogP contribution < -0.4 is 0 Å². The topological polar surface area (TPSA) is 59.2 Å². The zero-order chi connectivity index (χ0) is 13.2. The molecule has 3 rings (SSSR count). The first-order valence-electron chi connectivity index (χ1n) is 6.80. The van der Waals surface area contributed by atoms with Crippen molar-refractivity contribution in [3.63, 3.8) is 0 Å². The van der Waals surface area contributed by atoms with E-state index >= 15 is 0 Å². The normalized spacial score (nSPS) is 23.5. The maximum absolute atomic E-state index is 9.55. The minimum absolute atomic E-state index is 0.146. The summed E-state index contributed by atoms with van der Waals surface area (Å²) < 4.78 is 5.60. The third kappa shape index (κ3) is 2.68. The highest BCUT2D eigenvalue weighted by atomic mass is 16.3. The van der Waals surface area contributed by atoms with Crippen LogP contribution in [-0.2, 0) is 0 Å².